The topological polar surface area (TPSA) is 207 Å². The van der Waals surface area contributed by atoms with Crippen LogP contribution in [0.3, 0.4) is 0 Å². The molecule has 4 aliphatic rings. The zero-order chi connectivity index (χ0) is 34.1. The van der Waals surface area contributed by atoms with Crippen molar-refractivity contribution in [3.05, 3.63) is 11.8 Å². The average molecular weight is 662 g/mol. The molecule has 0 aromatic heterocycles. The van der Waals surface area contributed by atoms with E-state index in [9.17, 15) is 24.0 Å². The van der Waals surface area contributed by atoms with E-state index in [1.54, 1.807) is 14.0 Å². The zero-order valence-corrected chi connectivity index (χ0v) is 28.2. The second-order valence-corrected chi connectivity index (χ2v) is 14.0. The molecule has 1 spiro atoms. The standard InChI is InChI=1S/C33H55N7O7/c1-4-9-26-30(43)39-27(21-10-7-5-6-8-11-21)31(44)37-24(16-34)29(42)38-25(18-47-23-14-33(15-23)12-22(35)13-33)28(41)36-19-46-17-20(2)32(45)40(26)3/h17,21-27H,4-16,18-19,34-35H2,1-3H3,(H,36,41)(H,37,44)(H,38,42)(H,39,43)/b20-17-. The fourth-order valence-corrected chi connectivity index (χ4v) is 7.53. The van der Waals surface area contributed by atoms with Gasteiger partial charge in [0.15, 0.2) is 6.73 Å². The molecular weight excluding hydrogens is 606 g/mol. The quantitative estimate of drug-likeness (QED) is 0.207. The maximum absolute atomic E-state index is 13.9. The number of amides is 5. The number of hydrogen-bond acceptors (Lipinski definition) is 9. The third-order valence-corrected chi connectivity index (χ3v) is 10.2. The Bertz CT molecular complexity index is 1160. The first-order valence-corrected chi connectivity index (χ1v) is 17.3. The number of carbonyl (C=O) groups is 5. The van der Waals surface area contributed by atoms with Crippen molar-refractivity contribution in [1.29, 1.82) is 0 Å². The van der Waals surface area contributed by atoms with Gasteiger partial charge in [0.1, 0.15) is 24.2 Å². The first-order valence-electron chi connectivity index (χ1n) is 17.3. The third-order valence-electron chi connectivity index (χ3n) is 10.2. The Morgan fingerprint density at radius 2 is 1.57 bits per heavy atom. The van der Waals surface area contributed by atoms with Gasteiger partial charge in [-0.15, -0.1) is 0 Å². The van der Waals surface area contributed by atoms with Gasteiger partial charge in [-0.3, -0.25) is 24.0 Å². The molecule has 4 atom stereocenters. The lowest BCUT2D eigenvalue weighted by Gasteiger charge is -2.56. The number of likely N-dealkylation sites (N-methyl/N-ethyl adjacent to an activating group) is 1. The molecule has 264 valence electrons. The molecule has 47 heavy (non-hydrogen) atoms. The molecule has 0 radical (unpaired) electrons. The Balaban J connectivity index is 1.56. The van der Waals surface area contributed by atoms with Gasteiger partial charge >= 0.3 is 0 Å². The van der Waals surface area contributed by atoms with E-state index in [0.717, 1.165) is 64.2 Å². The van der Waals surface area contributed by atoms with Crippen molar-refractivity contribution >= 4 is 29.5 Å². The number of carbonyl (C=O) groups excluding carboxylic acids is 5. The minimum absolute atomic E-state index is 0.0458. The smallest absolute Gasteiger partial charge is 0.253 e. The molecule has 4 rings (SSSR count). The van der Waals surface area contributed by atoms with Crippen molar-refractivity contribution in [2.24, 2.45) is 22.8 Å². The number of rotatable bonds is 7. The van der Waals surface area contributed by atoms with E-state index in [0.29, 0.717) is 12.8 Å². The van der Waals surface area contributed by atoms with Crippen LogP contribution in [0.2, 0.25) is 0 Å². The van der Waals surface area contributed by atoms with Gasteiger partial charge in [-0.1, -0.05) is 39.0 Å². The summed E-state index contributed by atoms with van der Waals surface area (Å²) in [4.78, 5) is 69.1. The minimum atomic E-state index is -1.16. The number of nitrogens with one attached hydrogen (secondary N) is 4. The molecule has 1 aliphatic heterocycles. The van der Waals surface area contributed by atoms with E-state index < -0.39 is 53.7 Å². The normalized spacial score (nSPS) is 35.0. The summed E-state index contributed by atoms with van der Waals surface area (Å²) in [6, 6.07) is -3.80. The van der Waals surface area contributed by atoms with Crippen molar-refractivity contribution in [2.45, 2.75) is 127 Å². The Labute approximate surface area is 277 Å². The third kappa shape index (κ3) is 9.44. The lowest BCUT2D eigenvalue weighted by Crippen LogP contribution is -2.62. The summed E-state index contributed by atoms with van der Waals surface area (Å²) in [6.07, 6.45) is 11.2. The summed E-state index contributed by atoms with van der Waals surface area (Å²) >= 11 is 0. The van der Waals surface area contributed by atoms with E-state index in [1.165, 1.54) is 11.2 Å². The Kier molecular flexibility index (Phi) is 13.0. The SMILES string of the molecule is CCCC1C(=O)NC(C2CCCCCC2)C(=O)NC(CN)C(=O)NC(COC2CC3(CC(N)C3)C2)C(=O)NCO/C=C(/C)C(=O)N1C. The highest BCUT2D eigenvalue weighted by molar-refractivity contribution is 5.98. The van der Waals surface area contributed by atoms with Gasteiger partial charge in [0, 0.05) is 25.2 Å². The van der Waals surface area contributed by atoms with Crippen LogP contribution in [-0.2, 0) is 33.4 Å². The van der Waals surface area contributed by atoms with Gasteiger partial charge in [-0.25, -0.2) is 0 Å². The van der Waals surface area contributed by atoms with Crippen molar-refractivity contribution < 1.29 is 33.4 Å². The molecule has 1 heterocycles. The molecule has 4 unspecified atom stereocenters. The van der Waals surface area contributed by atoms with E-state index in [4.69, 9.17) is 20.9 Å². The second kappa shape index (κ2) is 16.7. The molecule has 14 nitrogen and oxygen atoms in total. The Hall–Kier alpha value is -3.23. The largest absolute Gasteiger partial charge is 0.480 e. The van der Waals surface area contributed by atoms with Gasteiger partial charge in [-0.05, 0) is 63.2 Å². The first-order chi connectivity index (χ1) is 22.5. The summed E-state index contributed by atoms with van der Waals surface area (Å²) in [6.45, 7) is 2.88. The van der Waals surface area contributed by atoms with Gasteiger partial charge in [0.25, 0.3) is 5.91 Å². The van der Waals surface area contributed by atoms with Gasteiger partial charge in [0.2, 0.25) is 23.6 Å². The molecule has 3 fully saturated rings. The number of nitrogens with zero attached hydrogens (tertiary/aromatic N) is 1. The van der Waals surface area contributed by atoms with Crippen LogP contribution < -0.4 is 32.7 Å². The fraction of sp³-hybridized carbons (Fsp3) is 0.788. The van der Waals surface area contributed by atoms with Gasteiger partial charge in [-0.2, -0.15) is 0 Å². The molecule has 8 N–H and O–H groups in total. The fourth-order valence-electron chi connectivity index (χ4n) is 7.53. The minimum Gasteiger partial charge on any atom is -0.480 e. The van der Waals surface area contributed by atoms with Crippen molar-refractivity contribution in [3.8, 4) is 0 Å². The van der Waals surface area contributed by atoms with Gasteiger partial charge in [0.05, 0.1) is 19.0 Å². The Morgan fingerprint density at radius 3 is 2.19 bits per heavy atom. The molecular formula is C33H55N7O7. The van der Waals surface area contributed by atoms with Crippen LogP contribution >= 0.6 is 0 Å². The summed E-state index contributed by atoms with van der Waals surface area (Å²) in [5.41, 5.74) is 12.4. The molecule has 0 bridgehead atoms. The average Bonchev–Trinajstić information content (AvgIpc) is 3.30. The lowest BCUT2D eigenvalue weighted by molar-refractivity contribution is -0.143. The van der Waals surface area contributed by atoms with Crippen LogP contribution in [0.15, 0.2) is 11.8 Å². The van der Waals surface area contributed by atoms with Crippen molar-refractivity contribution in [3.63, 3.8) is 0 Å². The predicted octanol–water partition coefficient (Wildman–Crippen LogP) is 0.291. The molecule has 3 saturated carbocycles. The van der Waals surface area contributed by atoms with Crippen LogP contribution in [0.5, 0.6) is 0 Å². The zero-order valence-electron chi connectivity index (χ0n) is 28.2. The predicted molar refractivity (Wildman–Crippen MR) is 174 cm³/mol. The summed E-state index contributed by atoms with van der Waals surface area (Å²) in [7, 11) is 1.54. The van der Waals surface area contributed by atoms with E-state index in [2.05, 4.69) is 21.3 Å². The number of nitrogens with two attached hydrogens (primary N) is 2. The summed E-state index contributed by atoms with van der Waals surface area (Å²) < 4.78 is 11.5. The van der Waals surface area contributed by atoms with Crippen LogP contribution in [0, 0.1) is 11.3 Å². The molecule has 5 amide bonds. The molecule has 3 aliphatic carbocycles. The van der Waals surface area contributed by atoms with E-state index in [1.807, 2.05) is 6.92 Å². The highest BCUT2D eigenvalue weighted by atomic mass is 16.5. The van der Waals surface area contributed by atoms with Crippen LogP contribution in [0.1, 0.15) is 90.9 Å². The van der Waals surface area contributed by atoms with Gasteiger partial charge < -0.3 is 47.1 Å². The first kappa shape index (κ1) is 36.6. The van der Waals surface area contributed by atoms with Crippen LogP contribution in [-0.4, -0.2) is 97.7 Å². The number of ether oxygens (including phenoxy) is 2. The lowest BCUT2D eigenvalue weighted by atomic mass is 9.53. The van der Waals surface area contributed by atoms with E-state index in [-0.39, 0.29) is 48.9 Å². The summed E-state index contributed by atoms with van der Waals surface area (Å²) in [5.74, 6) is -2.74. The van der Waals surface area contributed by atoms with Crippen LogP contribution in [0.4, 0.5) is 0 Å². The molecule has 0 aromatic rings. The maximum Gasteiger partial charge on any atom is 0.253 e. The number of hydrogen-bond donors (Lipinski definition) is 6. The highest BCUT2D eigenvalue weighted by Gasteiger charge is 2.52. The Morgan fingerprint density at radius 1 is 0.915 bits per heavy atom. The molecule has 14 heteroatoms. The monoisotopic (exact) mass is 661 g/mol. The second-order valence-electron chi connectivity index (χ2n) is 14.0. The van der Waals surface area contributed by atoms with Crippen molar-refractivity contribution in [2.75, 3.05) is 26.9 Å². The maximum atomic E-state index is 13.9. The summed E-state index contributed by atoms with van der Waals surface area (Å²) in [5, 5.41) is 11.0. The molecule has 0 aromatic carbocycles. The molecule has 0 saturated heterocycles. The van der Waals surface area contributed by atoms with Crippen molar-refractivity contribution in [1.82, 2.24) is 26.2 Å². The van der Waals surface area contributed by atoms with Crippen LogP contribution in [0.25, 0.3) is 0 Å². The highest BCUT2D eigenvalue weighted by Crippen LogP contribution is 2.56. The van der Waals surface area contributed by atoms with E-state index >= 15 is 0 Å².